The van der Waals surface area contributed by atoms with Gasteiger partial charge < -0.3 is 20.7 Å². The first-order chi connectivity index (χ1) is 13.6. The van der Waals surface area contributed by atoms with Gasteiger partial charge in [0, 0.05) is 45.3 Å². The number of carbonyl (C=O) groups excluding carboxylic acids is 1. The van der Waals surface area contributed by atoms with Gasteiger partial charge >= 0.3 is 0 Å². The largest absolute Gasteiger partial charge is 0.375 e. The van der Waals surface area contributed by atoms with Crippen molar-refractivity contribution in [3.05, 3.63) is 65.5 Å². The van der Waals surface area contributed by atoms with Gasteiger partial charge in [-0.2, -0.15) is 0 Å². The number of rotatable bonds is 6. The average Bonchev–Trinajstić information content (AvgIpc) is 2.71. The summed E-state index contributed by atoms with van der Waals surface area (Å²) in [6.45, 7) is 1.06. The maximum atomic E-state index is 13.1. The summed E-state index contributed by atoms with van der Waals surface area (Å²) in [5.41, 5.74) is 2.86. The van der Waals surface area contributed by atoms with Crippen molar-refractivity contribution in [3.63, 3.8) is 0 Å². The van der Waals surface area contributed by atoms with Gasteiger partial charge in [0.05, 0.1) is 6.10 Å². The minimum absolute atomic E-state index is 0. The monoisotopic (exact) mass is 512 g/mol. The molecule has 0 spiro atoms. The number of para-hydroxylation sites is 1. The van der Waals surface area contributed by atoms with Gasteiger partial charge in [-0.3, -0.25) is 9.79 Å². The molecule has 156 valence electrons. The summed E-state index contributed by atoms with van der Waals surface area (Å²) in [6.07, 6.45) is 0.192. The van der Waals surface area contributed by atoms with E-state index in [1.807, 2.05) is 24.3 Å². The third-order valence-corrected chi connectivity index (χ3v) is 4.83. The highest BCUT2D eigenvalue weighted by atomic mass is 127. The van der Waals surface area contributed by atoms with E-state index in [4.69, 9.17) is 4.74 Å². The molecule has 3 rings (SSSR count). The zero-order valence-corrected chi connectivity index (χ0v) is 18.8. The summed E-state index contributed by atoms with van der Waals surface area (Å²) in [7, 11) is 3.31. The van der Waals surface area contributed by atoms with Crippen LogP contribution < -0.4 is 16.0 Å². The normalized spacial score (nSPS) is 16.9. The van der Waals surface area contributed by atoms with Crippen molar-refractivity contribution < 1.29 is 13.9 Å². The van der Waals surface area contributed by atoms with E-state index in [-0.39, 0.29) is 47.7 Å². The predicted octanol–water partition coefficient (Wildman–Crippen LogP) is 3.42. The summed E-state index contributed by atoms with van der Waals surface area (Å²) in [6, 6.07) is 14.1. The molecule has 1 heterocycles. The number of hydrogen-bond donors (Lipinski definition) is 3. The summed E-state index contributed by atoms with van der Waals surface area (Å²) in [5.74, 6) is 0.427. The molecule has 0 bridgehead atoms. The Morgan fingerprint density at radius 3 is 2.66 bits per heavy atom. The lowest BCUT2D eigenvalue weighted by atomic mass is 9.90. The van der Waals surface area contributed by atoms with Crippen LogP contribution in [0.1, 0.15) is 29.6 Å². The molecular weight excluding hydrogens is 486 g/mol. The fraction of sp³-hybridized carbons (Fsp3) is 0.333. The fourth-order valence-corrected chi connectivity index (χ4v) is 3.33. The maximum absolute atomic E-state index is 13.1. The molecule has 2 aromatic carbocycles. The number of hydrogen-bond acceptors (Lipinski definition) is 3. The summed E-state index contributed by atoms with van der Waals surface area (Å²) in [4.78, 5) is 16.2. The number of benzene rings is 2. The maximum Gasteiger partial charge on any atom is 0.225 e. The van der Waals surface area contributed by atoms with Gasteiger partial charge in [0.1, 0.15) is 5.82 Å². The molecule has 0 aromatic heterocycles. The van der Waals surface area contributed by atoms with Gasteiger partial charge in [-0.25, -0.2) is 4.39 Å². The highest BCUT2D eigenvalue weighted by molar-refractivity contribution is 14.0. The first-order valence-electron chi connectivity index (χ1n) is 9.22. The second-order valence-electron chi connectivity index (χ2n) is 6.65. The predicted molar refractivity (Wildman–Crippen MR) is 123 cm³/mol. The van der Waals surface area contributed by atoms with Crippen LogP contribution in [0.4, 0.5) is 10.1 Å². The molecule has 0 aliphatic carbocycles. The molecule has 2 unspecified atom stereocenters. The van der Waals surface area contributed by atoms with Gasteiger partial charge in [-0.1, -0.05) is 30.3 Å². The lowest BCUT2D eigenvalue weighted by Gasteiger charge is -2.26. The van der Waals surface area contributed by atoms with Gasteiger partial charge in [-0.15, -0.1) is 24.0 Å². The van der Waals surface area contributed by atoms with Crippen LogP contribution in [0.15, 0.2) is 53.5 Å². The van der Waals surface area contributed by atoms with Crippen molar-refractivity contribution in [3.8, 4) is 0 Å². The van der Waals surface area contributed by atoms with Crippen molar-refractivity contribution in [1.82, 2.24) is 10.6 Å². The molecule has 0 saturated carbocycles. The summed E-state index contributed by atoms with van der Waals surface area (Å²) < 4.78 is 18.6. The van der Waals surface area contributed by atoms with E-state index < -0.39 is 0 Å². The SMILES string of the molecule is CN=C(NCC1CC(=O)Nc2ccccc21)NCC(OC)c1ccc(F)cc1.I. The first kappa shape index (κ1) is 23.1. The Labute approximate surface area is 187 Å². The van der Waals surface area contributed by atoms with E-state index >= 15 is 0 Å². The Balaban J connectivity index is 0.00000300. The van der Waals surface area contributed by atoms with Crippen molar-refractivity contribution in [2.75, 3.05) is 32.6 Å². The van der Waals surface area contributed by atoms with E-state index in [0.717, 1.165) is 16.8 Å². The van der Waals surface area contributed by atoms with Gasteiger partial charge in [0.15, 0.2) is 5.96 Å². The van der Waals surface area contributed by atoms with Crippen LogP contribution in [-0.2, 0) is 9.53 Å². The van der Waals surface area contributed by atoms with Gasteiger partial charge in [0.2, 0.25) is 5.91 Å². The fourth-order valence-electron chi connectivity index (χ4n) is 3.33. The van der Waals surface area contributed by atoms with Crippen molar-refractivity contribution in [2.24, 2.45) is 4.99 Å². The number of amides is 1. The van der Waals surface area contributed by atoms with E-state index in [0.29, 0.717) is 25.5 Å². The van der Waals surface area contributed by atoms with Crippen LogP contribution in [0.25, 0.3) is 0 Å². The van der Waals surface area contributed by atoms with Crippen molar-refractivity contribution in [1.29, 1.82) is 0 Å². The summed E-state index contributed by atoms with van der Waals surface area (Å²) in [5, 5.41) is 9.42. The van der Waals surface area contributed by atoms with Gasteiger partial charge in [0.25, 0.3) is 0 Å². The molecule has 0 saturated heterocycles. The molecule has 2 aromatic rings. The third-order valence-electron chi connectivity index (χ3n) is 4.83. The lowest BCUT2D eigenvalue weighted by molar-refractivity contribution is -0.116. The number of ether oxygens (including phenoxy) is 1. The zero-order valence-electron chi connectivity index (χ0n) is 16.4. The lowest BCUT2D eigenvalue weighted by Crippen LogP contribution is -2.42. The number of halogens is 2. The first-order valence-corrected chi connectivity index (χ1v) is 9.22. The average molecular weight is 512 g/mol. The minimum Gasteiger partial charge on any atom is -0.375 e. The Kier molecular flexibility index (Phi) is 8.84. The number of carbonyl (C=O) groups is 1. The molecule has 3 N–H and O–H groups in total. The number of guanidine groups is 1. The molecule has 1 amide bonds. The topological polar surface area (TPSA) is 74.8 Å². The highest BCUT2D eigenvalue weighted by Gasteiger charge is 2.24. The molecule has 0 fully saturated rings. The number of anilines is 1. The zero-order chi connectivity index (χ0) is 19.9. The molecule has 0 radical (unpaired) electrons. The Morgan fingerprint density at radius 2 is 1.97 bits per heavy atom. The van der Waals surface area contributed by atoms with Crippen LogP contribution in [0.3, 0.4) is 0 Å². The quantitative estimate of drug-likeness (QED) is 0.315. The van der Waals surface area contributed by atoms with Crippen molar-refractivity contribution in [2.45, 2.75) is 18.4 Å². The standard InChI is InChI=1S/C21H25FN4O2.HI/c1-23-21(25-13-19(28-2)14-7-9-16(22)10-8-14)24-12-15-11-20(27)26-18-6-4-3-5-17(15)18;/h3-10,15,19H,11-13H2,1-2H3,(H,26,27)(H2,23,24,25);1H. The smallest absolute Gasteiger partial charge is 0.225 e. The van der Waals surface area contributed by atoms with Crippen LogP contribution >= 0.6 is 24.0 Å². The third kappa shape index (κ3) is 6.14. The van der Waals surface area contributed by atoms with Crippen molar-refractivity contribution >= 4 is 41.5 Å². The molecule has 1 aliphatic rings. The molecule has 29 heavy (non-hydrogen) atoms. The minimum atomic E-state index is -0.277. The number of nitrogens with one attached hydrogen (secondary N) is 3. The molecule has 8 heteroatoms. The van der Waals surface area contributed by atoms with Crippen LogP contribution in [0.5, 0.6) is 0 Å². The summed E-state index contributed by atoms with van der Waals surface area (Å²) >= 11 is 0. The Morgan fingerprint density at radius 1 is 1.24 bits per heavy atom. The van der Waals surface area contributed by atoms with Crippen LogP contribution in [0.2, 0.25) is 0 Å². The van der Waals surface area contributed by atoms with Gasteiger partial charge in [-0.05, 0) is 29.3 Å². The number of fused-ring (bicyclic) bond motifs is 1. The number of nitrogens with zero attached hydrogens (tertiary/aromatic N) is 1. The molecule has 6 nitrogen and oxygen atoms in total. The Bertz CT molecular complexity index is 845. The highest BCUT2D eigenvalue weighted by Crippen LogP contribution is 2.31. The molecule has 2 atom stereocenters. The van der Waals surface area contributed by atoms with Crippen LogP contribution in [-0.4, -0.2) is 39.1 Å². The van der Waals surface area contributed by atoms with Crippen LogP contribution in [0, 0.1) is 5.82 Å². The van der Waals surface area contributed by atoms with E-state index in [2.05, 4.69) is 20.9 Å². The van der Waals surface area contributed by atoms with E-state index in [1.54, 1.807) is 26.3 Å². The Hall–Kier alpha value is -2.20. The number of methoxy groups -OCH3 is 1. The second-order valence-corrected chi connectivity index (χ2v) is 6.65. The number of aliphatic imine (C=N–C) groups is 1. The van der Waals surface area contributed by atoms with E-state index in [9.17, 15) is 9.18 Å². The molecule has 1 aliphatic heterocycles. The second kappa shape index (κ2) is 11.1. The molecular formula is C21H26FIN4O2. The van der Waals surface area contributed by atoms with E-state index in [1.165, 1.54) is 12.1 Å².